The Morgan fingerprint density at radius 1 is 0.964 bits per heavy atom. The summed E-state index contributed by atoms with van der Waals surface area (Å²) in [5.74, 6) is 5.19. The predicted molar refractivity (Wildman–Crippen MR) is 116 cm³/mol. The largest absolute Gasteiger partial charge is 0.497 e. The lowest BCUT2D eigenvalue weighted by molar-refractivity contribution is 0.264. The van der Waals surface area contributed by atoms with E-state index in [-0.39, 0.29) is 0 Å². The van der Waals surface area contributed by atoms with Crippen molar-refractivity contribution < 1.29 is 9.94 Å². The van der Waals surface area contributed by atoms with Crippen LogP contribution < -0.4 is 10.6 Å². The molecule has 1 atom stereocenters. The molecule has 1 unspecified atom stereocenters. The summed E-state index contributed by atoms with van der Waals surface area (Å²) in [6.07, 6.45) is 7.69. The van der Waals surface area contributed by atoms with Crippen molar-refractivity contribution in [2.75, 3.05) is 26.7 Å². The average Bonchev–Trinajstić information content (AvgIpc) is 3.24. The number of aryl methyl sites for hydroxylation is 2. The molecule has 4 heteroatoms. The fourth-order valence-corrected chi connectivity index (χ4v) is 4.03. The molecule has 154 valence electrons. The summed E-state index contributed by atoms with van der Waals surface area (Å²) >= 11 is 0. The summed E-state index contributed by atoms with van der Waals surface area (Å²) in [5, 5.41) is 6.50. The molecule has 0 bridgehead atoms. The van der Waals surface area contributed by atoms with Crippen LogP contribution in [0.1, 0.15) is 42.4 Å². The quantitative estimate of drug-likeness (QED) is 0.620. The number of nitrogens with two attached hydrogens (primary N) is 1. The van der Waals surface area contributed by atoms with Gasteiger partial charge >= 0.3 is 0 Å². The fourth-order valence-electron chi connectivity index (χ4n) is 4.03. The van der Waals surface area contributed by atoms with E-state index in [1.165, 1.54) is 74.8 Å². The Bertz CT molecular complexity index is 649. The number of likely N-dealkylation sites (tertiary alicyclic amines) is 1. The number of benzene rings is 2. The highest BCUT2D eigenvalue weighted by Crippen LogP contribution is 2.21. The highest BCUT2D eigenvalue weighted by Gasteiger charge is 2.18. The van der Waals surface area contributed by atoms with E-state index < -0.39 is 0 Å². The van der Waals surface area contributed by atoms with Gasteiger partial charge in [0.25, 0.3) is 0 Å². The van der Waals surface area contributed by atoms with Crippen molar-refractivity contribution in [3.8, 4) is 5.75 Å². The van der Waals surface area contributed by atoms with E-state index in [9.17, 15) is 0 Å². The lowest BCUT2D eigenvalue weighted by Gasteiger charge is -2.24. The van der Waals surface area contributed by atoms with Crippen molar-refractivity contribution in [2.24, 2.45) is 11.8 Å². The summed E-state index contributed by atoms with van der Waals surface area (Å²) < 4.78 is 5.30. The molecule has 3 rings (SSSR count). The van der Waals surface area contributed by atoms with Crippen molar-refractivity contribution in [3.05, 3.63) is 65.2 Å². The van der Waals surface area contributed by atoms with E-state index in [2.05, 4.69) is 66.3 Å². The van der Waals surface area contributed by atoms with Crippen molar-refractivity contribution >= 4 is 0 Å². The third-order valence-corrected chi connectivity index (χ3v) is 5.60. The van der Waals surface area contributed by atoms with Crippen molar-refractivity contribution in [1.82, 2.24) is 4.90 Å². The van der Waals surface area contributed by atoms with Crippen LogP contribution in [0.15, 0.2) is 48.5 Å². The molecule has 0 spiro atoms. The Balaban J connectivity index is 0.00000136. The first-order valence-corrected chi connectivity index (χ1v) is 10.4. The maximum Gasteiger partial charge on any atom is 0.118 e. The zero-order valence-corrected chi connectivity index (χ0v) is 17.4. The number of methoxy groups -OCH3 is 1. The molecule has 1 saturated heterocycles. The lowest BCUT2D eigenvalue weighted by atomic mass is 9.92. The Labute approximate surface area is 170 Å². The van der Waals surface area contributed by atoms with Gasteiger partial charge in [-0.15, -0.1) is 0 Å². The molecule has 0 amide bonds. The van der Waals surface area contributed by atoms with Gasteiger partial charge in [-0.1, -0.05) is 42.0 Å². The molecule has 1 fully saturated rings. The van der Waals surface area contributed by atoms with Gasteiger partial charge in [0.15, 0.2) is 0 Å². The first-order chi connectivity index (χ1) is 13.7. The molecule has 0 aromatic heterocycles. The number of rotatable bonds is 9. The van der Waals surface area contributed by atoms with Gasteiger partial charge in [-0.2, -0.15) is 0 Å². The Morgan fingerprint density at radius 3 is 2.18 bits per heavy atom. The van der Waals surface area contributed by atoms with Crippen LogP contribution in [0, 0.1) is 12.8 Å². The second-order valence-electron chi connectivity index (χ2n) is 7.80. The first-order valence-electron chi connectivity index (χ1n) is 10.4. The Morgan fingerprint density at radius 2 is 1.57 bits per heavy atom. The Kier molecular flexibility index (Phi) is 10.0. The van der Waals surface area contributed by atoms with Crippen LogP contribution in [-0.2, 0) is 12.8 Å². The fraction of sp³-hybridized carbons (Fsp3) is 0.500. The predicted octanol–water partition coefficient (Wildman–Crippen LogP) is 4.62. The summed E-state index contributed by atoms with van der Waals surface area (Å²) in [5.41, 5.74) is 4.26. The third kappa shape index (κ3) is 7.63. The molecular weight excluding hydrogens is 348 g/mol. The molecule has 3 N–H and O–H groups in total. The van der Waals surface area contributed by atoms with E-state index in [0.717, 1.165) is 11.7 Å². The molecule has 2 aromatic carbocycles. The molecule has 28 heavy (non-hydrogen) atoms. The highest BCUT2D eigenvalue weighted by atomic mass is 16.5. The topological polar surface area (TPSA) is 58.7 Å². The van der Waals surface area contributed by atoms with Crippen LogP contribution in [0.3, 0.4) is 0 Å². The van der Waals surface area contributed by atoms with Gasteiger partial charge < -0.3 is 14.8 Å². The monoisotopic (exact) mass is 384 g/mol. The van der Waals surface area contributed by atoms with E-state index in [1.807, 2.05) is 0 Å². The zero-order valence-electron chi connectivity index (χ0n) is 17.4. The standard InChI is InChI=1S/C24H33NO.H3NO/c1-20-8-10-21(11-9-20)6-5-7-23(19-25-16-3-4-17-25)18-22-12-14-24(26-2)15-13-22;1-2/h8-15,23H,3-7,16-19H2,1-2H3;2H,1H2. The maximum atomic E-state index is 6.50. The molecule has 1 aliphatic heterocycles. The minimum atomic E-state index is 0.743. The average molecular weight is 385 g/mol. The summed E-state index contributed by atoms with van der Waals surface area (Å²) in [7, 11) is 1.73. The molecule has 2 aromatic rings. The van der Waals surface area contributed by atoms with Gasteiger partial charge in [0.1, 0.15) is 5.75 Å². The van der Waals surface area contributed by atoms with Crippen LogP contribution in [-0.4, -0.2) is 36.9 Å². The van der Waals surface area contributed by atoms with Gasteiger partial charge in [0, 0.05) is 6.54 Å². The third-order valence-electron chi connectivity index (χ3n) is 5.60. The van der Waals surface area contributed by atoms with E-state index in [1.54, 1.807) is 7.11 Å². The molecule has 0 saturated carbocycles. The molecule has 4 nitrogen and oxygen atoms in total. The minimum Gasteiger partial charge on any atom is -0.497 e. The highest BCUT2D eigenvalue weighted by molar-refractivity contribution is 5.27. The maximum absolute atomic E-state index is 6.50. The van der Waals surface area contributed by atoms with Crippen molar-refractivity contribution in [3.63, 3.8) is 0 Å². The van der Waals surface area contributed by atoms with Crippen molar-refractivity contribution in [2.45, 2.75) is 45.4 Å². The summed E-state index contributed by atoms with van der Waals surface area (Å²) in [6.45, 7) is 5.98. The number of ether oxygens (including phenoxy) is 1. The smallest absolute Gasteiger partial charge is 0.118 e. The molecule has 1 aliphatic rings. The van der Waals surface area contributed by atoms with Crippen LogP contribution in [0.4, 0.5) is 0 Å². The SMILES string of the molecule is COc1ccc(CC(CCCc2ccc(C)cc2)CN2CCCC2)cc1.NO. The van der Waals surface area contributed by atoms with Gasteiger partial charge in [0.05, 0.1) is 7.11 Å². The lowest BCUT2D eigenvalue weighted by Crippen LogP contribution is -2.28. The number of hydrogen-bond acceptors (Lipinski definition) is 4. The van der Waals surface area contributed by atoms with E-state index in [0.29, 0.717) is 0 Å². The van der Waals surface area contributed by atoms with Gasteiger partial charge in [-0.3, -0.25) is 0 Å². The van der Waals surface area contributed by atoms with Gasteiger partial charge in [-0.05, 0) is 87.7 Å². The second kappa shape index (κ2) is 12.6. The molecule has 0 aliphatic carbocycles. The Hall–Kier alpha value is -1.88. The van der Waals surface area contributed by atoms with Crippen LogP contribution >= 0.6 is 0 Å². The molecular formula is C24H36N2O2. The van der Waals surface area contributed by atoms with Gasteiger partial charge in [-0.25, -0.2) is 5.90 Å². The van der Waals surface area contributed by atoms with Crippen molar-refractivity contribution in [1.29, 1.82) is 0 Å². The molecule has 0 radical (unpaired) electrons. The van der Waals surface area contributed by atoms with E-state index >= 15 is 0 Å². The zero-order chi connectivity index (χ0) is 20.2. The second-order valence-corrected chi connectivity index (χ2v) is 7.80. The normalized spacial score (nSPS) is 15.0. The summed E-state index contributed by atoms with van der Waals surface area (Å²) in [6, 6.07) is 17.7. The van der Waals surface area contributed by atoms with Crippen LogP contribution in [0.5, 0.6) is 5.75 Å². The van der Waals surface area contributed by atoms with Crippen LogP contribution in [0.2, 0.25) is 0 Å². The molecule has 1 heterocycles. The van der Waals surface area contributed by atoms with E-state index in [4.69, 9.17) is 9.94 Å². The van der Waals surface area contributed by atoms with Gasteiger partial charge in [0.2, 0.25) is 0 Å². The minimum absolute atomic E-state index is 0.743. The van der Waals surface area contributed by atoms with Crippen LogP contribution in [0.25, 0.3) is 0 Å². The number of hydrogen-bond donors (Lipinski definition) is 2. The number of nitrogens with zero attached hydrogens (tertiary/aromatic N) is 1. The first kappa shape index (κ1) is 22.4. The summed E-state index contributed by atoms with van der Waals surface area (Å²) in [4.78, 5) is 2.67.